The van der Waals surface area contributed by atoms with Crippen LogP contribution in [-0.4, -0.2) is 11.6 Å². The molecule has 0 saturated heterocycles. The number of Topliss-reactive ketones (excluding diaryl/α,β-unsaturated/α-hetero) is 1. The van der Waals surface area contributed by atoms with Gasteiger partial charge in [-0.25, -0.2) is 0 Å². The molecule has 1 aliphatic rings. The van der Waals surface area contributed by atoms with Crippen LogP contribution >= 0.6 is 0 Å². The van der Waals surface area contributed by atoms with Gasteiger partial charge in [0.1, 0.15) is 11.8 Å². The van der Waals surface area contributed by atoms with Crippen molar-refractivity contribution in [3.63, 3.8) is 0 Å². The second-order valence-corrected chi connectivity index (χ2v) is 7.08. The molecule has 3 rings (SSSR count). The van der Waals surface area contributed by atoms with Crippen molar-refractivity contribution in [2.24, 2.45) is 5.41 Å². The third kappa shape index (κ3) is 2.64. The van der Waals surface area contributed by atoms with Crippen LogP contribution in [0.1, 0.15) is 31.9 Å². The van der Waals surface area contributed by atoms with E-state index < -0.39 is 5.41 Å². The maximum absolute atomic E-state index is 12.8. The average Bonchev–Trinajstić information content (AvgIpc) is 2.49. The first-order chi connectivity index (χ1) is 11.2. The van der Waals surface area contributed by atoms with Crippen LogP contribution in [0.5, 0.6) is 0 Å². The Balaban J connectivity index is 2.21. The number of carbonyl (C=O) groups excluding carboxylic acids is 2. The van der Waals surface area contributed by atoms with E-state index in [2.05, 4.69) is 0 Å². The van der Waals surface area contributed by atoms with Gasteiger partial charge in [0.2, 0.25) is 5.43 Å². The number of hydrogen-bond acceptors (Lipinski definition) is 4. The van der Waals surface area contributed by atoms with Crippen LogP contribution in [0, 0.1) is 12.3 Å². The Morgan fingerprint density at radius 1 is 1.00 bits per heavy atom. The lowest BCUT2D eigenvalue weighted by Gasteiger charge is -2.24. The third-order valence-electron chi connectivity index (χ3n) is 4.09. The van der Waals surface area contributed by atoms with E-state index >= 15 is 0 Å². The van der Waals surface area contributed by atoms with Gasteiger partial charge in [0.05, 0.1) is 10.9 Å². The molecule has 0 aliphatic heterocycles. The van der Waals surface area contributed by atoms with Crippen molar-refractivity contribution in [2.45, 2.75) is 27.7 Å². The molecule has 1 aromatic heterocycles. The van der Waals surface area contributed by atoms with Crippen molar-refractivity contribution >= 4 is 28.1 Å². The smallest absolute Gasteiger partial charge is 0.200 e. The molecule has 0 radical (unpaired) electrons. The molecule has 2 aromatic rings. The summed E-state index contributed by atoms with van der Waals surface area (Å²) >= 11 is 0. The van der Waals surface area contributed by atoms with E-state index in [4.69, 9.17) is 4.42 Å². The summed E-state index contributed by atoms with van der Waals surface area (Å²) in [6.45, 7) is 7.46. The van der Waals surface area contributed by atoms with E-state index in [1.165, 1.54) is 18.4 Å². The molecular formula is C20H18O4. The molecule has 24 heavy (non-hydrogen) atoms. The maximum atomic E-state index is 12.8. The molecule has 0 unspecified atom stereocenters. The largest absolute Gasteiger partial charge is 0.463 e. The molecule has 1 heterocycles. The minimum absolute atomic E-state index is 0.101. The van der Waals surface area contributed by atoms with Crippen LogP contribution in [0.4, 0.5) is 0 Å². The number of rotatable bonds is 1. The van der Waals surface area contributed by atoms with Crippen molar-refractivity contribution in [1.82, 2.24) is 0 Å². The fourth-order valence-electron chi connectivity index (χ4n) is 2.79. The summed E-state index contributed by atoms with van der Waals surface area (Å²) in [4.78, 5) is 37.6. The molecule has 0 spiro atoms. The molecule has 0 bridgehead atoms. The van der Waals surface area contributed by atoms with Crippen LogP contribution in [0.15, 0.2) is 51.4 Å². The number of ketones is 2. The first kappa shape index (κ1) is 16.1. The highest BCUT2D eigenvalue weighted by atomic mass is 16.3. The standard InChI is InChI=1S/C20H18O4/c1-11-5-6-17-14(7-11)18(22)15(10-24-17)13-8-12(21)9-16(19(13)23)20(2,3)4/h5-10H,1-4H3. The van der Waals surface area contributed by atoms with Crippen LogP contribution in [0.3, 0.4) is 0 Å². The van der Waals surface area contributed by atoms with E-state index in [1.54, 1.807) is 12.1 Å². The number of benzene rings is 1. The minimum atomic E-state index is -0.486. The molecule has 0 fully saturated rings. The van der Waals surface area contributed by atoms with Gasteiger partial charge < -0.3 is 4.42 Å². The van der Waals surface area contributed by atoms with E-state index in [-0.39, 0.29) is 28.1 Å². The average molecular weight is 322 g/mol. The lowest BCUT2D eigenvalue weighted by molar-refractivity contribution is -0.114. The van der Waals surface area contributed by atoms with Crippen molar-refractivity contribution in [1.29, 1.82) is 0 Å². The summed E-state index contributed by atoms with van der Waals surface area (Å²) in [6, 6.07) is 5.29. The second kappa shape index (κ2) is 5.41. The van der Waals surface area contributed by atoms with E-state index in [1.807, 2.05) is 33.8 Å². The van der Waals surface area contributed by atoms with Crippen molar-refractivity contribution in [2.75, 3.05) is 0 Å². The number of aryl methyl sites for hydroxylation is 1. The predicted molar refractivity (Wildman–Crippen MR) is 92.8 cm³/mol. The Morgan fingerprint density at radius 2 is 1.71 bits per heavy atom. The van der Waals surface area contributed by atoms with Gasteiger partial charge in [-0.15, -0.1) is 0 Å². The van der Waals surface area contributed by atoms with Crippen LogP contribution in [0.25, 0.3) is 16.5 Å². The van der Waals surface area contributed by atoms with Crippen molar-refractivity contribution in [3.05, 3.63) is 63.5 Å². The highest BCUT2D eigenvalue weighted by molar-refractivity contribution is 6.36. The van der Waals surface area contributed by atoms with Gasteiger partial charge in [0.15, 0.2) is 11.6 Å². The van der Waals surface area contributed by atoms with Gasteiger partial charge in [-0.1, -0.05) is 32.4 Å². The van der Waals surface area contributed by atoms with E-state index in [0.29, 0.717) is 16.5 Å². The number of allylic oxidation sites excluding steroid dienone is 4. The lowest BCUT2D eigenvalue weighted by atomic mass is 9.77. The Morgan fingerprint density at radius 3 is 2.38 bits per heavy atom. The van der Waals surface area contributed by atoms with Crippen LogP contribution in [-0.2, 0) is 9.59 Å². The Kier molecular flexibility index (Phi) is 3.63. The highest BCUT2D eigenvalue weighted by Crippen LogP contribution is 2.33. The van der Waals surface area contributed by atoms with E-state index in [0.717, 1.165) is 5.56 Å². The number of hydrogen-bond donors (Lipinski definition) is 0. The van der Waals surface area contributed by atoms with Crippen LogP contribution < -0.4 is 5.43 Å². The third-order valence-corrected chi connectivity index (χ3v) is 4.09. The molecule has 122 valence electrons. The molecular weight excluding hydrogens is 304 g/mol. The molecule has 1 aliphatic carbocycles. The molecule has 4 nitrogen and oxygen atoms in total. The van der Waals surface area contributed by atoms with Crippen molar-refractivity contribution in [3.8, 4) is 0 Å². The fraction of sp³-hybridized carbons (Fsp3) is 0.250. The number of fused-ring (bicyclic) bond motifs is 1. The normalized spacial score (nSPS) is 15.5. The van der Waals surface area contributed by atoms with Gasteiger partial charge in [-0.05, 0) is 36.6 Å². The first-order valence-electron chi connectivity index (χ1n) is 7.73. The van der Waals surface area contributed by atoms with Gasteiger partial charge in [-0.2, -0.15) is 0 Å². The SMILES string of the molecule is Cc1ccc2occ(C3=CC(=O)C=C(C(C)(C)C)C3=O)c(=O)c2c1. The highest BCUT2D eigenvalue weighted by Gasteiger charge is 2.32. The predicted octanol–water partition coefficient (Wildman–Crippen LogP) is 3.61. The summed E-state index contributed by atoms with van der Waals surface area (Å²) in [7, 11) is 0. The maximum Gasteiger partial charge on any atom is 0.200 e. The minimum Gasteiger partial charge on any atom is -0.463 e. The van der Waals surface area contributed by atoms with Crippen molar-refractivity contribution < 1.29 is 14.0 Å². The topological polar surface area (TPSA) is 64.3 Å². The Labute approximate surface area is 139 Å². The van der Waals surface area contributed by atoms with Gasteiger partial charge in [0, 0.05) is 11.1 Å². The zero-order valence-electron chi connectivity index (χ0n) is 14.1. The summed E-state index contributed by atoms with van der Waals surface area (Å²) in [6.07, 6.45) is 3.83. The zero-order chi connectivity index (χ0) is 17.6. The second-order valence-electron chi connectivity index (χ2n) is 7.08. The summed E-state index contributed by atoms with van der Waals surface area (Å²) < 4.78 is 5.51. The zero-order valence-corrected chi connectivity index (χ0v) is 14.1. The Bertz CT molecular complexity index is 994. The molecule has 0 saturated carbocycles. The summed E-state index contributed by atoms with van der Waals surface area (Å²) in [5, 5.41) is 0.403. The van der Waals surface area contributed by atoms with E-state index in [9.17, 15) is 14.4 Å². The summed E-state index contributed by atoms with van der Waals surface area (Å²) in [5.41, 5.74) is 1.21. The molecule has 0 amide bonds. The fourth-order valence-corrected chi connectivity index (χ4v) is 2.79. The van der Waals surface area contributed by atoms with Crippen LogP contribution in [0.2, 0.25) is 0 Å². The lowest BCUT2D eigenvalue weighted by Crippen LogP contribution is -2.25. The van der Waals surface area contributed by atoms with Gasteiger partial charge in [0.25, 0.3) is 0 Å². The quantitative estimate of drug-likeness (QED) is 0.752. The Hall–Kier alpha value is -2.75. The van der Waals surface area contributed by atoms with Gasteiger partial charge in [-0.3, -0.25) is 14.4 Å². The molecule has 1 aromatic carbocycles. The monoisotopic (exact) mass is 322 g/mol. The molecule has 4 heteroatoms. The first-order valence-corrected chi connectivity index (χ1v) is 7.73. The number of carbonyl (C=O) groups is 2. The molecule has 0 atom stereocenters. The summed E-state index contributed by atoms with van der Waals surface area (Å²) in [5.74, 6) is -0.598. The molecule has 0 N–H and O–H groups in total. The van der Waals surface area contributed by atoms with Gasteiger partial charge >= 0.3 is 0 Å².